The predicted molar refractivity (Wildman–Crippen MR) is 70.0 cm³/mol. The van der Waals surface area contributed by atoms with Gasteiger partial charge in [0.25, 0.3) is 5.39 Å². The van der Waals surface area contributed by atoms with Gasteiger partial charge in [-0.1, -0.05) is 36.4 Å². The average Bonchev–Trinajstić information content (AvgIpc) is 2.41. The highest BCUT2D eigenvalue weighted by Gasteiger charge is 2.35. The summed E-state index contributed by atoms with van der Waals surface area (Å²) in [4.78, 5) is 0. The molecular formula is C12H11N3O3P+. The fourth-order valence-corrected chi connectivity index (χ4v) is 2.38. The van der Waals surface area contributed by atoms with Crippen LogP contribution in [0.15, 0.2) is 60.7 Å². The number of para-hydroxylation sites is 2. The third-order valence-electron chi connectivity index (χ3n) is 2.10. The van der Waals surface area contributed by atoms with Gasteiger partial charge in [-0.3, -0.25) is 0 Å². The molecule has 19 heavy (non-hydrogen) atoms. The van der Waals surface area contributed by atoms with E-state index < -0.39 is 7.75 Å². The molecule has 96 valence electrons. The number of hydrogen-bond donors (Lipinski definition) is 1. The first kappa shape index (κ1) is 12.9. The molecule has 0 fully saturated rings. The van der Waals surface area contributed by atoms with E-state index in [4.69, 9.17) is 14.4 Å². The maximum atomic E-state index is 12.3. The first-order valence-corrected chi connectivity index (χ1v) is 6.97. The summed E-state index contributed by atoms with van der Waals surface area (Å²) >= 11 is 0. The van der Waals surface area contributed by atoms with Crippen molar-refractivity contribution in [1.29, 1.82) is 5.39 Å². The minimum atomic E-state index is -3.83. The highest BCUT2D eigenvalue weighted by Crippen LogP contribution is 2.44. The molecule has 2 aromatic rings. The van der Waals surface area contributed by atoms with Gasteiger partial charge in [-0.25, -0.2) is 4.57 Å². The monoisotopic (exact) mass is 276 g/mol. The largest absolute Gasteiger partial charge is 0.607 e. The first-order valence-electron chi connectivity index (χ1n) is 5.42. The van der Waals surface area contributed by atoms with Crippen molar-refractivity contribution in [2.45, 2.75) is 0 Å². The minimum absolute atomic E-state index is 0.331. The van der Waals surface area contributed by atoms with Crippen LogP contribution in [-0.4, -0.2) is 0 Å². The maximum absolute atomic E-state index is 12.3. The van der Waals surface area contributed by atoms with E-state index in [1.54, 1.807) is 60.7 Å². The van der Waals surface area contributed by atoms with E-state index in [2.05, 4.69) is 5.08 Å². The first-order chi connectivity index (χ1) is 9.22. The van der Waals surface area contributed by atoms with E-state index in [0.717, 1.165) is 0 Å². The molecule has 0 heterocycles. The lowest BCUT2D eigenvalue weighted by Crippen LogP contribution is -2.12. The summed E-state index contributed by atoms with van der Waals surface area (Å²) in [6.45, 7) is 0. The van der Waals surface area contributed by atoms with Crippen molar-refractivity contribution in [2.75, 3.05) is 0 Å². The predicted octanol–water partition coefficient (Wildman–Crippen LogP) is 3.61. The lowest BCUT2D eigenvalue weighted by Gasteiger charge is -2.13. The van der Waals surface area contributed by atoms with Gasteiger partial charge in [0.15, 0.2) is 0 Å². The Morgan fingerprint density at radius 3 is 1.68 bits per heavy atom. The van der Waals surface area contributed by atoms with Gasteiger partial charge in [-0.05, 0) is 24.3 Å². The second-order valence-corrected chi connectivity index (χ2v) is 5.07. The molecule has 0 amide bonds. The van der Waals surface area contributed by atoms with Crippen LogP contribution in [0.25, 0.3) is 5.08 Å². The average molecular weight is 276 g/mol. The summed E-state index contributed by atoms with van der Waals surface area (Å²) < 4.78 is 22.8. The summed E-state index contributed by atoms with van der Waals surface area (Å²) in [6.07, 6.45) is 0. The number of nitrogens with one attached hydrogen (secondary N) is 1. The Balaban J connectivity index is 2.19. The van der Waals surface area contributed by atoms with Crippen LogP contribution in [-0.2, 0) is 4.57 Å². The third-order valence-corrected chi connectivity index (χ3v) is 3.34. The van der Waals surface area contributed by atoms with Crippen LogP contribution in [0.3, 0.4) is 0 Å². The van der Waals surface area contributed by atoms with E-state index in [-0.39, 0.29) is 0 Å². The van der Waals surface area contributed by atoms with Gasteiger partial charge in [-0.2, -0.15) is 0 Å². The van der Waals surface area contributed by atoms with Gasteiger partial charge >= 0.3 is 12.8 Å². The third kappa shape index (κ3) is 3.73. The summed E-state index contributed by atoms with van der Waals surface area (Å²) in [5.41, 5.74) is 0. The quantitative estimate of drug-likeness (QED) is 0.513. The van der Waals surface area contributed by atoms with Gasteiger partial charge in [0.05, 0.1) is 5.20 Å². The Morgan fingerprint density at radius 1 is 0.895 bits per heavy atom. The molecule has 0 unspecified atom stereocenters. The standard InChI is InChI=1S/C12H11N3O3P/c13-14-15-19(16,17-11-7-3-1-4-8-11)18-12-9-5-2-6-10-12/h1-10H,(H,15,16)/q+1. The molecule has 0 spiro atoms. The molecule has 0 atom stereocenters. The van der Waals surface area contributed by atoms with Crippen molar-refractivity contribution in [1.82, 2.24) is 5.20 Å². The van der Waals surface area contributed by atoms with Crippen LogP contribution in [0.4, 0.5) is 0 Å². The molecule has 6 nitrogen and oxygen atoms in total. The van der Waals surface area contributed by atoms with E-state index >= 15 is 0 Å². The van der Waals surface area contributed by atoms with Crippen molar-refractivity contribution < 1.29 is 13.6 Å². The minimum Gasteiger partial charge on any atom is -0.397 e. The summed E-state index contributed by atoms with van der Waals surface area (Å²) in [5.74, 6) is 0.663. The van der Waals surface area contributed by atoms with E-state index in [0.29, 0.717) is 11.5 Å². The lowest BCUT2D eigenvalue weighted by atomic mass is 10.3. The van der Waals surface area contributed by atoms with Crippen LogP contribution in [0, 0.1) is 5.39 Å². The Morgan fingerprint density at radius 2 is 1.32 bits per heavy atom. The Bertz CT molecular complexity index is 568. The molecule has 1 N–H and O–H groups in total. The molecule has 0 bridgehead atoms. The Kier molecular flexibility index (Phi) is 4.01. The van der Waals surface area contributed by atoms with Crippen LogP contribution >= 0.6 is 7.75 Å². The molecule has 0 aliphatic rings. The van der Waals surface area contributed by atoms with Gasteiger partial charge in [-0.15, -0.1) is 0 Å². The molecule has 0 aromatic heterocycles. The highest BCUT2D eigenvalue weighted by molar-refractivity contribution is 7.52. The number of diazo groups is 1. The maximum Gasteiger partial charge on any atom is 0.607 e. The fourth-order valence-electron chi connectivity index (χ4n) is 1.35. The molecule has 7 heteroatoms. The van der Waals surface area contributed by atoms with Crippen molar-refractivity contribution >= 4 is 7.75 Å². The molecular weight excluding hydrogens is 265 g/mol. The molecule has 0 saturated heterocycles. The second kappa shape index (κ2) is 5.89. The van der Waals surface area contributed by atoms with Crippen LogP contribution in [0.2, 0.25) is 0 Å². The fraction of sp³-hybridized carbons (Fsp3) is 0. The van der Waals surface area contributed by atoms with Crippen molar-refractivity contribution in [2.24, 2.45) is 0 Å². The zero-order valence-corrected chi connectivity index (χ0v) is 10.7. The summed E-state index contributed by atoms with van der Waals surface area (Å²) in [5, 5.41) is 13.1. The van der Waals surface area contributed by atoms with Crippen LogP contribution in [0.1, 0.15) is 0 Å². The van der Waals surface area contributed by atoms with E-state index in [1.165, 1.54) is 0 Å². The van der Waals surface area contributed by atoms with Gasteiger partial charge in [0.2, 0.25) is 0 Å². The topological polar surface area (TPSA) is 75.7 Å². The van der Waals surface area contributed by atoms with Crippen molar-refractivity contribution in [3.8, 4) is 11.5 Å². The van der Waals surface area contributed by atoms with Gasteiger partial charge in [0, 0.05) is 0 Å². The molecule has 0 aliphatic carbocycles. The SMILES string of the molecule is N#[N+]NP(=O)(Oc1ccccc1)Oc1ccccc1. The van der Waals surface area contributed by atoms with E-state index in [9.17, 15) is 4.57 Å². The lowest BCUT2D eigenvalue weighted by molar-refractivity contribution is 0.377. The Hall–Kier alpha value is -2.51. The summed E-state index contributed by atoms with van der Waals surface area (Å²) in [7, 11) is -3.83. The zero-order valence-electron chi connectivity index (χ0n) is 9.84. The molecule has 0 saturated carbocycles. The van der Waals surface area contributed by atoms with Gasteiger partial charge in [0.1, 0.15) is 11.5 Å². The number of rotatable bonds is 5. The van der Waals surface area contributed by atoms with Crippen molar-refractivity contribution in [3.05, 3.63) is 65.7 Å². The zero-order chi connectivity index (χ0) is 13.6. The van der Waals surface area contributed by atoms with Crippen molar-refractivity contribution in [3.63, 3.8) is 0 Å². The Labute approximate surface area is 110 Å². The second-order valence-electron chi connectivity index (χ2n) is 3.51. The van der Waals surface area contributed by atoms with Gasteiger partial charge < -0.3 is 9.05 Å². The number of nitrogens with zero attached hydrogens (tertiary/aromatic N) is 2. The molecule has 2 aromatic carbocycles. The molecule has 0 aliphatic heterocycles. The normalized spacial score (nSPS) is 10.3. The highest BCUT2D eigenvalue weighted by atomic mass is 31.2. The molecule has 0 radical (unpaired) electrons. The number of hydrogen-bond acceptors (Lipinski definition) is 4. The summed E-state index contributed by atoms with van der Waals surface area (Å²) in [6, 6.07) is 16.9. The smallest absolute Gasteiger partial charge is 0.397 e. The number of benzene rings is 2. The molecule has 2 rings (SSSR count). The van der Waals surface area contributed by atoms with E-state index in [1.807, 2.05) is 5.20 Å². The van der Waals surface area contributed by atoms with Crippen LogP contribution < -0.4 is 14.2 Å². The van der Waals surface area contributed by atoms with Crippen LogP contribution in [0.5, 0.6) is 11.5 Å².